The molecular formula is C47H37N. The molecule has 0 aromatic heterocycles. The Hall–Kier alpha value is -5.14. The van der Waals surface area contributed by atoms with Gasteiger partial charge in [-0.1, -0.05) is 105 Å². The number of fused-ring (bicyclic) bond motifs is 9. The zero-order valence-corrected chi connectivity index (χ0v) is 27.8. The molecule has 0 N–H and O–H groups in total. The normalized spacial score (nSPS) is 22.6. The van der Waals surface area contributed by atoms with Gasteiger partial charge >= 0.3 is 0 Å². The van der Waals surface area contributed by atoms with Gasteiger partial charge in [0.2, 0.25) is 0 Å². The maximum Gasteiger partial charge on any atom is 0.0518 e. The molecule has 1 aliphatic heterocycles. The number of hydrogen-bond acceptors (Lipinski definition) is 1. The van der Waals surface area contributed by atoms with Gasteiger partial charge in [-0.25, -0.2) is 0 Å². The average molecular weight is 616 g/mol. The first kappa shape index (κ1) is 26.9. The van der Waals surface area contributed by atoms with Crippen molar-refractivity contribution in [3.63, 3.8) is 0 Å². The van der Waals surface area contributed by atoms with Crippen LogP contribution in [0, 0.1) is 5.92 Å². The predicted octanol–water partition coefficient (Wildman–Crippen LogP) is 13.1. The third-order valence-corrected chi connectivity index (χ3v) is 13.0. The molecule has 1 fully saturated rings. The Morgan fingerprint density at radius 3 is 1.90 bits per heavy atom. The zero-order chi connectivity index (χ0) is 31.9. The highest BCUT2D eigenvalue weighted by Crippen LogP contribution is 2.62. The largest absolute Gasteiger partial charge is 0.334 e. The lowest BCUT2D eigenvalue weighted by Crippen LogP contribution is -2.56. The van der Waals surface area contributed by atoms with E-state index < -0.39 is 0 Å². The smallest absolute Gasteiger partial charge is 0.0518 e. The summed E-state index contributed by atoms with van der Waals surface area (Å²) in [6, 6.07) is 48.7. The Bertz CT molecular complexity index is 2670. The molecule has 9 aromatic carbocycles. The molecule has 1 heterocycles. The van der Waals surface area contributed by atoms with E-state index >= 15 is 0 Å². The maximum absolute atomic E-state index is 2.68. The van der Waals surface area contributed by atoms with Crippen LogP contribution in [0.15, 0.2) is 127 Å². The molecule has 0 bridgehead atoms. The molecule has 1 heteroatoms. The molecule has 0 spiro atoms. The van der Waals surface area contributed by atoms with Crippen LogP contribution in [-0.4, -0.2) is 5.54 Å². The van der Waals surface area contributed by atoms with Crippen LogP contribution in [0.1, 0.15) is 45.6 Å². The van der Waals surface area contributed by atoms with Crippen LogP contribution in [-0.2, 0) is 5.41 Å². The van der Waals surface area contributed by atoms with Crippen LogP contribution in [0.4, 0.5) is 11.4 Å². The van der Waals surface area contributed by atoms with Crippen molar-refractivity contribution in [1.29, 1.82) is 0 Å². The van der Waals surface area contributed by atoms with Gasteiger partial charge in [0.25, 0.3) is 0 Å². The van der Waals surface area contributed by atoms with Crippen LogP contribution < -0.4 is 4.90 Å². The predicted molar refractivity (Wildman–Crippen MR) is 207 cm³/mol. The van der Waals surface area contributed by atoms with Gasteiger partial charge in [0.15, 0.2) is 0 Å². The first-order chi connectivity index (χ1) is 23.4. The Kier molecular flexibility index (Phi) is 5.07. The topological polar surface area (TPSA) is 3.24 Å². The van der Waals surface area contributed by atoms with Gasteiger partial charge in [-0.15, -0.1) is 0 Å². The van der Waals surface area contributed by atoms with Gasteiger partial charge in [-0.2, -0.15) is 0 Å². The van der Waals surface area contributed by atoms with Crippen LogP contribution >= 0.6 is 0 Å². The molecule has 3 atom stereocenters. The monoisotopic (exact) mass is 615 g/mol. The van der Waals surface area contributed by atoms with Gasteiger partial charge in [0, 0.05) is 16.8 Å². The molecule has 0 amide bonds. The van der Waals surface area contributed by atoms with Crippen molar-refractivity contribution in [2.75, 3.05) is 4.90 Å². The molecule has 2 aliphatic rings. The van der Waals surface area contributed by atoms with Crippen molar-refractivity contribution < 1.29 is 0 Å². The summed E-state index contributed by atoms with van der Waals surface area (Å²) in [5.74, 6) is 0.714. The van der Waals surface area contributed by atoms with Crippen LogP contribution in [0.3, 0.4) is 0 Å². The van der Waals surface area contributed by atoms with E-state index in [9.17, 15) is 0 Å². The van der Waals surface area contributed by atoms with Gasteiger partial charge in [-0.3, -0.25) is 0 Å². The number of rotatable bonds is 2. The highest BCUT2D eigenvalue weighted by Gasteiger charge is 2.58. The molecule has 230 valence electrons. The summed E-state index contributed by atoms with van der Waals surface area (Å²) in [4.78, 5) is 2.68. The minimum atomic E-state index is 0.0365. The molecule has 9 aromatic rings. The summed E-state index contributed by atoms with van der Waals surface area (Å²) >= 11 is 0. The number of hydrogen-bond donors (Lipinski definition) is 0. The molecule has 1 aliphatic carbocycles. The summed E-state index contributed by atoms with van der Waals surface area (Å²) in [6.07, 6.45) is 3.69. The van der Waals surface area contributed by atoms with E-state index in [-0.39, 0.29) is 11.0 Å². The van der Waals surface area contributed by atoms with E-state index in [1.165, 1.54) is 112 Å². The minimum Gasteiger partial charge on any atom is -0.334 e. The lowest BCUT2D eigenvalue weighted by atomic mass is 9.59. The number of benzene rings is 7. The molecule has 11 rings (SSSR count). The fraction of sp³-hybridized carbons (Fsp3) is 0.191. The van der Waals surface area contributed by atoms with E-state index in [1.807, 2.05) is 0 Å². The molecule has 1 saturated carbocycles. The SMILES string of the molecule is CC1CCC2(C)N(c3ccccc3)c3ccc(-c4ccc5c6cc7c(cc6c6cccc4c65)c4cccc5cccc7c54)cc3C2(C)C1. The van der Waals surface area contributed by atoms with Crippen molar-refractivity contribution in [1.82, 2.24) is 0 Å². The summed E-state index contributed by atoms with van der Waals surface area (Å²) in [7, 11) is 0. The Labute approximate surface area is 281 Å². The van der Waals surface area contributed by atoms with E-state index in [0.29, 0.717) is 5.92 Å². The molecule has 3 unspecified atom stereocenters. The van der Waals surface area contributed by atoms with Crippen LogP contribution in [0.2, 0.25) is 0 Å². The highest BCUT2D eigenvalue weighted by atomic mass is 15.3. The quantitative estimate of drug-likeness (QED) is 0.187. The fourth-order valence-corrected chi connectivity index (χ4v) is 10.6. The second kappa shape index (κ2) is 9.05. The molecule has 0 radical (unpaired) electrons. The van der Waals surface area contributed by atoms with Crippen molar-refractivity contribution in [2.24, 2.45) is 5.92 Å². The molecule has 0 saturated heterocycles. The average Bonchev–Trinajstić information content (AvgIpc) is 3.68. The van der Waals surface area contributed by atoms with Gasteiger partial charge in [0.05, 0.1) is 5.54 Å². The van der Waals surface area contributed by atoms with E-state index in [4.69, 9.17) is 0 Å². The van der Waals surface area contributed by atoms with E-state index in [1.54, 1.807) is 0 Å². The summed E-state index contributed by atoms with van der Waals surface area (Å²) in [5.41, 5.74) is 6.96. The molecular weight excluding hydrogens is 579 g/mol. The minimum absolute atomic E-state index is 0.0365. The van der Waals surface area contributed by atoms with Crippen molar-refractivity contribution in [2.45, 2.75) is 51.0 Å². The Balaban J connectivity index is 1.15. The summed E-state index contributed by atoms with van der Waals surface area (Å²) in [5, 5.41) is 16.4. The van der Waals surface area contributed by atoms with Crippen molar-refractivity contribution >= 4 is 76.0 Å². The zero-order valence-electron chi connectivity index (χ0n) is 27.8. The third kappa shape index (κ3) is 3.18. The second-order valence-corrected chi connectivity index (χ2v) is 15.4. The third-order valence-electron chi connectivity index (χ3n) is 13.0. The number of anilines is 2. The summed E-state index contributed by atoms with van der Waals surface area (Å²) < 4.78 is 0. The highest BCUT2D eigenvalue weighted by molar-refractivity contribution is 6.38. The standard InChI is InChI=1S/C47H37N/c1-28-22-23-47(3)46(2,27-28)42-24-30(18-21-43(42)48(47)31-12-5-4-6-13-31)32-19-20-37-41-26-39-35-15-8-11-29-10-7-14-34(44(29)35)38(39)25-40(41)36-17-9-16-33(32)45(36)37/h4-21,24-26,28H,22-23,27H2,1-3H3. The first-order valence-electron chi connectivity index (χ1n) is 17.7. The lowest BCUT2D eigenvalue weighted by Gasteiger charge is -2.52. The summed E-state index contributed by atoms with van der Waals surface area (Å²) in [6.45, 7) is 7.53. The Morgan fingerprint density at radius 1 is 0.562 bits per heavy atom. The van der Waals surface area contributed by atoms with Crippen LogP contribution in [0.5, 0.6) is 0 Å². The molecule has 1 nitrogen and oxygen atoms in total. The van der Waals surface area contributed by atoms with Crippen LogP contribution in [0.25, 0.3) is 75.8 Å². The van der Waals surface area contributed by atoms with E-state index in [2.05, 4.69) is 153 Å². The van der Waals surface area contributed by atoms with E-state index in [0.717, 1.165) is 0 Å². The van der Waals surface area contributed by atoms with Gasteiger partial charge in [-0.05, 0) is 150 Å². The van der Waals surface area contributed by atoms with Gasteiger partial charge in [0.1, 0.15) is 0 Å². The van der Waals surface area contributed by atoms with Gasteiger partial charge < -0.3 is 4.90 Å². The maximum atomic E-state index is 2.68. The first-order valence-corrected chi connectivity index (χ1v) is 17.7. The fourth-order valence-electron chi connectivity index (χ4n) is 10.6. The molecule has 48 heavy (non-hydrogen) atoms. The number of para-hydroxylation sites is 1. The Morgan fingerprint density at radius 2 is 1.19 bits per heavy atom. The second-order valence-electron chi connectivity index (χ2n) is 15.4. The van der Waals surface area contributed by atoms with Crippen molar-refractivity contribution in [3.05, 3.63) is 133 Å². The van der Waals surface area contributed by atoms with Crippen molar-refractivity contribution in [3.8, 4) is 11.1 Å². The number of nitrogens with zero attached hydrogens (tertiary/aromatic N) is 1. The lowest BCUT2D eigenvalue weighted by molar-refractivity contribution is 0.154.